The third kappa shape index (κ3) is 2.94. The summed E-state index contributed by atoms with van der Waals surface area (Å²) in [7, 11) is 1.49. The van der Waals surface area contributed by atoms with Crippen LogP contribution in [0.25, 0.3) is 5.69 Å². The second-order valence-corrected chi connectivity index (χ2v) is 8.05. The van der Waals surface area contributed by atoms with Crippen molar-refractivity contribution in [1.29, 1.82) is 0 Å². The lowest BCUT2D eigenvalue weighted by molar-refractivity contribution is -0.00941. The Kier molecular flexibility index (Phi) is 4.47. The number of rotatable bonds is 2. The number of hydrogen-bond donors (Lipinski definition) is 0. The van der Waals surface area contributed by atoms with Gasteiger partial charge in [-0.25, -0.2) is 4.39 Å². The molecular formula is C23H20ClFN2O3. The van der Waals surface area contributed by atoms with Crippen molar-refractivity contribution in [2.75, 3.05) is 20.2 Å². The molecule has 2 aliphatic rings. The van der Waals surface area contributed by atoms with E-state index in [-0.39, 0.29) is 11.5 Å². The first-order valence-corrected chi connectivity index (χ1v) is 10.2. The Labute approximate surface area is 178 Å². The molecule has 1 fully saturated rings. The number of nitrogens with zero attached hydrogens (tertiary/aromatic N) is 2. The van der Waals surface area contributed by atoms with Gasteiger partial charge in [-0.15, -0.1) is 0 Å². The molecule has 0 saturated carbocycles. The van der Waals surface area contributed by atoms with Gasteiger partial charge in [0.1, 0.15) is 17.3 Å². The molecular weight excluding hydrogens is 407 g/mol. The SMILES string of the molecule is COc1ccc(F)c(C(=O)N2CCC3(CC2)Oc2cc(Cl)ccc2-n2cccc23)c1. The molecule has 0 atom stereocenters. The molecule has 7 heteroatoms. The van der Waals surface area contributed by atoms with Gasteiger partial charge in [0, 0.05) is 43.2 Å². The topological polar surface area (TPSA) is 43.7 Å². The monoisotopic (exact) mass is 426 g/mol. The summed E-state index contributed by atoms with van der Waals surface area (Å²) in [5.74, 6) is 0.295. The maximum atomic E-state index is 14.3. The van der Waals surface area contributed by atoms with Crippen molar-refractivity contribution in [3.63, 3.8) is 0 Å². The normalized spacial score (nSPS) is 16.6. The summed E-state index contributed by atoms with van der Waals surface area (Å²) in [5.41, 5.74) is 1.47. The number of benzene rings is 2. The third-order valence-electron chi connectivity index (χ3n) is 5.96. The molecule has 154 valence electrons. The fraction of sp³-hybridized carbons (Fsp3) is 0.261. The Bertz CT molecular complexity index is 1140. The molecule has 3 aromatic rings. The molecule has 1 saturated heterocycles. The van der Waals surface area contributed by atoms with Crippen LogP contribution in [0.3, 0.4) is 0 Å². The quantitative estimate of drug-likeness (QED) is 0.591. The van der Waals surface area contributed by atoms with E-state index in [2.05, 4.69) is 10.6 Å². The summed E-state index contributed by atoms with van der Waals surface area (Å²) in [6, 6.07) is 13.9. The Morgan fingerprint density at radius 1 is 1.17 bits per heavy atom. The summed E-state index contributed by atoms with van der Waals surface area (Å²) in [4.78, 5) is 14.6. The van der Waals surface area contributed by atoms with Crippen LogP contribution in [0, 0.1) is 5.82 Å². The molecule has 5 nitrogen and oxygen atoms in total. The minimum atomic E-state index is -0.551. The molecule has 0 aliphatic carbocycles. The van der Waals surface area contributed by atoms with Crippen molar-refractivity contribution < 1.29 is 18.7 Å². The summed E-state index contributed by atoms with van der Waals surface area (Å²) in [5, 5.41) is 0.612. The first-order chi connectivity index (χ1) is 14.5. The average Bonchev–Trinajstić information content (AvgIpc) is 3.25. The van der Waals surface area contributed by atoms with Gasteiger partial charge in [0.2, 0.25) is 0 Å². The highest BCUT2D eigenvalue weighted by atomic mass is 35.5. The zero-order valence-corrected chi connectivity index (χ0v) is 17.2. The van der Waals surface area contributed by atoms with Crippen molar-refractivity contribution in [2.24, 2.45) is 0 Å². The summed E-state index contributed by atoms with van der Waals surface area (Å²) in [6.07, 6.45) is 3.20. The number of ether oxygens (including phenoxy) is 2. The van der Waals surface area contributed by atoms with Gasteiger partial charge in [-0.2, -0.15) is 0 Å². The van der Waals surface area contributed by atoms with Crippen molar-refractivity contribution in [2.45, 2.75) is 18.4 Å². The molecule has 2 aliphatic heterocycles. The number of piperidine rings is 1. The second kappa shape index (κ2) is 7.06. The van der Waals surface area contributed by atoms with Crippen LogP contribution in [0.2, 0.25) is 5.02 Å². The lowest BCUT2D eigenvalue weighted by Gasteiger charge is -2.45. The highest BCUT2D eigenvalue weighted by molar-refractivity contribution is 6.30. The van der Waals surface area contributed by atoms with E-state index in [4.69, 9.17) is 21.1 Å². The molecule has 1 aromatic heterocycles. The number of likely N-dealkylation sites (tertiary alicyclic amines) is 1. The number of halogens is 2. The average molecular weight is 427 g/mol. The minimum Gasteiger partial charge on any atom is -0.497 e. The van der Waals surface area contributed by atoms with Crippen LogP contribution < -0.4 is 9.47 Å². The van der Waals surface area contributed by atoms with E-state index in [1.165, 1.54) is 25.3 Å². The molecule has 30 heavy (non-hydrogen) atoms. The van der Waals surface area contributed by atoms with Crippen molar-refractivity contribution in [3.8, 4) is 17.2 Å². The predicted molar refractivity (Wildman–Crippen MR) is 111 cm³/mol. The molecule has 2 aromatic carbocycles. The van der Waals surface area contributed by atoms with Gasteiger partial charge in [-0.05, 0) is 42.5 Å². The first kappa shape index (κ1) is 19.0. The third-order valence-corrected chi connectivity index (χ3v) is 6.20. The molecule has 1 amide bonds. The van der Waals surface area contributed by atoms with Crippen LogP contribution in [-0.4, -0.2) is 35.6 Å². The Morgan fingerprint density at radius 2 is 1.97 bits per heavy atom. The van der Waals surface area contributed by atoms with E-state index >= 15 is 0 Å². The van der Waals surface area contributed by atoms with Crippen molar-refractivity contribution in [1.82, 2.24) is 9.47 Å². The van der Waals surface area contributed by atoms with E-state index in [0.29, 0.717) is 36.7 Å². The van der Waals surface area contributed by atoms with E-state index in [1.54, 1.807) is 4.90 Å². The fourth-order valence-electron chi connectivity index (χ4n) is 4.39. The summed E-state index contributed by atoms with van der Waals surface area (Å²) >= 11 is 6.19. The van der Waals surface area contributed by atoms with Gasteiger partial charge in [-0.1, -0.05) is 11.6 Å². The van der Waals surface area contributed by atoms with Gasteiger partial charge in [0.05, 0.1) is 24.1 Å². The standard InChI is InChI=1S/C23H20ClFN2O3/c1-29-16-5-6-18(25)17(14-16)22(28)26-11-8-23(9-12-26)21-3-2-10-27(21)19-7-4-15(24)13-20(19)30-23/h2-7,10,13-14H,8-9,11-12H2,1H3. The number of fused-ring (bicyclic) bond motifs is 4. The Balaban J connectivity index is 1.42. The van der Waals surface area contributed by atoms with Gasteiger partial charge in [0.15, 0.2) is 5.60 Å². The van der Waals surface area contributed by atoms with Crippen molar-refractivity contribution >= 4 is 17.5 Å². The number of aromatic nitrogens is 1. The van der Waals surface area contributed by atoms with E-state index < -0.39 is 11.4 Å². The number of carbonyl (C=O) groups is 1. The summed E-state index contributed by atoms with van der Waals surface area (Å²) < 4.78 is 28.0. The molecule has 0 radical (unpaired) electrons. The van der Waals surface area contributed by atoms with Crippen LogP contribution in [-0.2, 0) is 5.60 Å². The van der Waals surface area contributed by atoms with Crippen LogP contribution in [0.15, 0.2) is 54.7 Å². The second-order valence-electron chi connectivity index (χ2n) is 7.61. The number of methoxy groups -OCH3 is 1. The van der Waals surface area contributed by atoms with Crippen LogP contribution >= 0.6 is 11.6 Å². The molecule has 0 unspecified atom stereocenters. The maximum absolute atomic E-state index is 14.3. The van der Waals surface area contributed by atoms with Gasteiger partial charge in [0.25, 0.3) is 5.91 Å². The minimum absolute atomic E-state index is 0.0235. The zero-order valence-electron chi connectivity index (χ0n) is 16.4. The Morgan fingerprint density at radius 3 is 2.73 bits per heavy atom. The molecule has 5 rings (SSSR count). The van der Waals surface area contributed by atoms with Crippen LogP contribution in [0.1, 0.15) is 28.9 Å². The summed E-state index contributed by atoms with van der Waals surface area (Å²) in [6.45, 7) is 0.910. The first-order valence-electron chi connectivity index (χ1n) is 9.80. The van der Waals surface area contributed by atoms with Gasteiger partial charge < -0.3 is 18.9 Å². The maximum Gasteiger partial charge on any atom is 0.256 e. The van der Waals surface area contributed by atoms with Gasteiger partial charge in [-0.3, -0.25) is 4.79 Å². The lowest BCUT2D eigenvalue weighted by Crippen LogP contribution is -2.50. The number of hydrogen-bond acceptors (Lipinski definition) is 3. The van der Waals surface area contributed by atoms with Crippen LogP contribution in [0.4, 0.5) is 4.39 Å². The van der Waals surface area contributed by atoms with E-state index in [0.717, 1.165) is 17.1 Å². The molecule has 0 N–H and O–H groups in total. The fourth-order valence-corrected chi connectivity index (χ4v) is 4.55. The molecule has 1 spiro atoms. The highest BCUT2D eigenvalue weighted by Crippen LogP contribution is 2.45. The highest BCUT2D eigenvalue weighted by Gasteiger charge is 2.44. The predicted octanol–water partition coefficient (Wildman–Crippen LogP) is 4.80. The van der Waals surface area contributed by atoms with Crippen molar-refractivity contribution in [3.05, 3.63) is 76.8 Å². The zero-order chi connectivity index (χ0) is 20.9. The smallest absolute Gasteiger partial charge is 0.256 e. The number of amides is 1. The molecule has 3 heterocycles. The molecule has 0 bridgehead atoms. The van der Waals surface area contributed by atoms with Crippen LogP contribution in [0.5, 0.6) is 11.5 Å². The lowest BCUT2D eigenvalue weighted by atomic mass is 9.86. The van der Waals surface area contributed by atoms with E-state index in [1.807, 2.05) is 30.5 Å². The number of carbonyl (C=O) groups excluding carboxylic acids is 1. The van der Waals surface area contributed by atoms with Gasteiger partial charge >= 0.3 is 0 Å². The Hall–Kier alpha value is -2.99. The largest absolute Gasteiger partial charge is 0.497 e. The van der Waals surface area contributed by atoms with E-state index in [9.17, 15) is 9.18 Å².